The molecule has 8 nitrogen and oxygen atoms in total. The van der Waals surface area contributed by atoms with E-state index in [9.17, 15) is 14.3 Å². The van der Waals surface area contributed by atoms with Crippen molar-refractivity contribution in [2.75, 3.05) is 13.2 Å². The number of fused-ring (bicyclic) bond motifs is 1. The van der Waals surface area contributed by atoms with Gasteiger partial charge in [0, 0.05) is 31.1 Å². The van der Waals surface area contributed by atoms with Crippen molar-refractivity contribution in [3.8, 4) is 22.9 Å². The van der Waals surface area contributed by atoms with E-state index >= 15 is 0 Å². The van der Waals surface area contributed by atoms with Crippen molar-refractivity contribution in [1.29, 1.82) is 0 Å². The van der Waals surface area contributed by atoms with Gasteiger partial charge in [0.15, 0.2) is 17.2 Å². The molecular formula is C35H37FN4O4. The Kier molecular flexibility index (Phi) is 9.13. The quantitative estimate of drug-likeness (QED) is 0.168. The molecule has 228 valence electrons. The Balaban J connectivity index is 1.32. The molecule has 0 bridgehead atoms. The van der Waals surface area contributed by atoms with Gasteiger partial charge in [-0.3, -0.25) is 4.40 Å². The summed E-state index contributed by atoms with van der Waals surface area (Å²) in [6.45, 7) is 7.97. The lowest BCUT2D eigenvalue weighted by Crippen LogP contribution is -2.33. The van der Waals surface area contributed by atoms with E-state index in [1.54, 1.807) is 43.5 Å². The number of benzene rings is 3. The molecule has 0 unspecified atom stereocenters. The lowest BCUT2D eigenvalue weighted by atomic mass is 10.1. The summed E-state index contributed by atoms with van der Waals surface area (Å²) in [5, 5.41) is 13.9. The summed E-state index contributed by atoms with van der Waals surface area (Å²) in [5.74, 6) is -0.412. The molecule has 1 amide bonds. The second-order valence-corrected chi connectivity index (χ2v) is 11.7. The number of hydrogen-bond donors (Lipinski definition) is 2. The number of nitrogens with zero attached hydrogens (tertiary/aromatic N) is 3. The van der Waals surface area contributed by atoms with Crippen molar-refractivity contribution in [1.82, 2.24) is 19.7 Å². The third-order valence-electron chi connectivity index (χ3n) is 6.90. The van der Waals surface area contributed by atoms with Crippen LogP contribution in [0.15, 0.2) is 79.0 Å². The Bertz CT molecular complexity index is 1750. The average Bonchev–Trinajstić information content (AvgIpc) is 3.29. The maximum atomic E-state index is 14.9. The zero-order valence-corrected chi connectivity index (χ0v) is 25.4. The topological polar surface area (TPSA) is 98.0 Å². The van der Waals surface area contributed by atoms with Gasteiger partial charge in [0.2, 0.25) is 5.88 Å². The molecule has 2 heterocycles. The summed E-state index contributed by atoms with van der Waals surface area (Å²) in [6.07, 6.45) is 2.52. The van der Waals surface area contributed by atoms with E-state index in [1.807, 2.05) is 61.5 Å². The van der Waals surface area contributed by atoms with Gasteiger partial charge >= 0.3 is 6.09 Å². The molecule has 0 saturated carbocycles. The fourth-order valence-electron chi connectivity index (χ4n) is 4.76. The Labute approximate surface area is 256 Å². The number of aromatic nitrogens is 3. The Morgan fingerprint density at radius 3 is 2.39 bits per heavy atom. The number of halogens is 1. The van der Waals surface area contributed by atoms with E-state index in [2.05, 4.69) is 5.32 Å². The predicted molar refractivity (Wildman–Crippen MR) is 168 cm³/mol. The van der Waals surface area contributed by atoms with E-state index in [0.717, 1.165) is 28.1 Å². The Hall–Kier alpha value is -4.92. The largest absolute Gasteiger partial charge is 0.493 e. The van der Waals surface area contributed by atoms with E-state index in [1.165, 1.54) is 6.07 Å². The van der Waals surface area contributed by atoms with Crippen LogP contribution in [0.1, 0.15) is 55.3 Å². The minimum atomic E-state index is -0.572. The van der Waals surface area contributed by atoms with Crippen LogP contribution in [0.4, 0.5) is 9.18 Å². The SMILES string of the molecule is Cc1ccc(-c2cn3c(O)c(Cc4ccc(OCCCNC(=O)OC(C)(C)C)c(F)c4)nc3c(Cc3ccccc3)n2)cc1. The molecule has 5 rings (SSSR count). The number of amides is 1. The lowest BCUT2D eigenvalue weighted by molar-refractivity contribution is 0.0525. The van der Waals surface area contributed by atoms with E-state index in [0.29, 0.717) is 36.3 Å². The number of nitrogens with one attached hydrogen (secondary N) is 1. The van der Waals surface area contributed by atoms with Crippen LogP contribution in [0.5, 0.6) is 11.6 Å². The van der Waals surface area contributed by atoms with E-state index in [4.69, 9.17) is 19.4 Å². The van der Waals surface area contributed by atoms with Crippen LogP contribution in [0.25, 0.3) is 16.9 Å². The number of aromatic hydroxyl groups is 1. The summed E-state index contributed by atoms with van der Waals surface area (Å²) < 4.78 is 27.4. The van der Waals surface area contributed by atoms with Gasteiger partial charge in [-0.15, -0.1) is 0 Å². The first-order valence-corrected chi connectivity index (χ1v) is 14.6. The van der Waals surface area contributed by atoms with Gasteiger partial charge in [-0.25, -0.2) is 19.2 Å². The summed E-state index contributed by atoms with van der Waals surface area (Å²) in [5.41, 5.74) is 5.63. The normalized spacial score (nSPS) is 11.5. The first-order chi connectivity index (χ1) is 21.1. The average molecular weight is 597 g/mol. The fraction of sp³-hybridized carbons (Fsp3) is 0.286. The van der Waals surface area contributed by atoms with Crippen molar-refractivity contribution < 1.29 is 23.8 Å². The predicted octanol–water partition coefficient (Wildman–Crippen LogP) is 7.02. The van der Waals surface area contributed by atoms with E-state index < -0.39 is 17.5 Å². The summed E-state index contributed by atoms with van der Waals surface area (Å²) in [7, 11) is 0. The molecule has 3 aromatic carbocycles. The van der Waals surface area contributed by atoms with Gasteiger partial charge in [0.05, 0.1) is 18.0 Å². The summed E-state index contributed by atoms with van der Waals surface area (Å²) >= 11 is 0. The molecule has 2 aromatic heterocycles. The van der Waals surface area contributed by atoms with E-state index in [-0.39, 0.29) is 24.7 Å². The fourth-order valence-corrected chi connectivity index (χ4v) is 4.76. The van der Waals surface area contributed by atoms with Crippen LogP contribution in [-0.4, -0.2) is 44.3 Å². The lowest BCUT2D eigenvalue weighted by Gasteiger charge is -2.19. The highest BCUT2D eigenvalue weighted by Gasteiger charge is 2.19. The molecular weight excluding hydrogens is 559 g/mol. The minimum absolute atomic E-state index is 0.0108. The maximum Gasteiger partial charge on any atom is 0.407 e. The standard InChI is InChI=1S/C35H37FN4O4/c1-23-11-14-26(15-12-23)30-22-40-32(28(38-30)20-24-9-6-5-7-10-24)39-29(33(40)41)21-25-13-16-31(27(36)19-25)43-18-8-17-37-34(42)44-35(2,3)4/h5-7,9-16,19,22,41H,8,17-18,20-21H2,1-4H3,(H,37,42). The third kappa shape index (κ3) is 7.72. The highest BCUT2D eigenvalue weighted by molar-refractivity contribution is 5.67. The number of alkyl carbamates (subject to hydrolysis) is 1. The minimum Gasteiger partial charge on any atom is -0.493 e. The Morgan fingerprint density at radius 1 is 0.955 bits per heavy atom. The number of rotatable bonds is 10. The molecule has 0 aliphatic rings. The molecule has 0 aliphatic carbocycles. The van der Waals surface area contributed by atoms with Crippen molar-refractivity contribution in [3.63, 3.8) is 0 Å². The zero-order chi connectivity index (χ0) is 31.3. The van der Waals surface area contributed by atoms with Crippen molar-refractivity contribution in [2.45, 2.75) is 52.6 Å². The van der Waals surface area contributed by atoms with Gasteiger partial charge in [-0.2, -0.15) is 0 Å². The van der Waals surface area contributed by atoms with Gasteiger partial charge < -0.3 is 19.9 Å². The summed E-state index contributed by atoms with van der Waals surface area (Å²) in [4.78, 5) is 21.5. The number of carbonyl (C=O) groups is 1. The first kappa shape index (κ1) is 30.5. The zero-order valence-electron chi connectivity index (χ0n) is 25.4. The van der Waals surface area contributed by atoms with Gasteiger partial charge in [-0.05, 0) is 57.4 Å². The molecule has 5 aromatic rings. The molecule has 0 radical (unpaired) electrons. The number of ether oxygens (including phenoxy) is 2. The van der Waals surface area contributed by atoms with Crippen LogP contribution in [0.2, 0.25) is 0 Å². The van der Waals surface area contributed by atoms with Gasteiger partial charge in [0.25, 0.3) is 0 Å². The second-order valence-electron chi connectivity index (χ2n) is 11.7. The van der Waals surface area contributed by atoms with Gasteiger partial charge in [0.1, 0.15) is 11.3 Å². The maximum absolute atomic E-state index is 14.9. The molecule has 9 heteroatoms. The number of carbonyl (C=O) groups excluding carboxylic acids is 1. The Morgan fingerprint density at radius 2 is 1.68 bits per heavy atom. The number of imidazole rings is 1. The summed E-state index contributed by atoms with van der Waals surface area (Å²) in [6, 6.07) is 22.8. The van der Waals surface area contributed by atoms with Crippen LogP contribution >= 0.6 is 0 Å². The molecule has 0 saturated heterocycles. The monoisotopic (exact) mass is 596 g/mol. The number of aryl methyl sites for hydroxylation is 1. The van der Waals surface area contributed by atoms with Crippen LogP contribution < -0.4 is 10.1 Å². The van der Waals surface area contributed by atoms with Crippen molar-refractivity contribution in [3.05, 3.63) is 113 Å². The van der Waals surface area contributed by atoms with Crippen molar-refractivity contribution in [2.24, 2.45) is 0 Å². The second kappa shape index (κ2) is 13.2. The van der Waals surface area contributed by atoms with Crippen LogP contribution in [0.3, 0.4) is 0 Å². The smallest absolute Gasteiger partial charge is 0.407 e. The molecule has 0 atom stereocenters. The van der Waals surface area contributed by atoms with Crippen LogP contribution in [0, 0.1) is 12.7 Å². The first-order valence-electron chi connectivity index (χ1n) is 14.6. The third-order valence-corrected chi connectivity index (χ3v) is 6.90. The highest BCUT2D eigenvalue weighted by Crippen LogP contribution is 2.29. The molecule has 44 heavy (non-hydrogen) atoms. The van der Waals surface area contributed by atoms with Crippen molar-refractivity contribution >= 4 is 11.7 Å². The highest BCUT2D eigenvalue weighted by atomic mass is 19.1. The van der Waals surface area contributed by atoms with Gasteiger partial charge in [-0.1, -0.05) is 66.2 Å². The molecule has 0 spiro atoms. The number of hydrogen-bond acceptors (Lipinski definition) is 6. The van der Waals surface area contributed by atoms with Crippen LogP contribution in [-0.2, 0) is 17.6 Å². The molecule has 0 aliphatic heterocycles. The molecule has 0 fully saturated rings. The molecule has 2 N–H and O–H groups in total.